The number of rotatable bonds is 27. The summed E-state index contributed by atoms with van der Waals surface area (Å²) in [7, 11) is 0. The molecular formula is C30H58O4. The molecule has 0 rings (SSSR count). The summed E-state index contributed by atoms with van der Waals surface area (Å²) in [6.45, 7) is 4.52. The van der Waals surface area contributed by atoms with Crippen molar-refractivity contribution in [1.82, 2.24) is 0 Å². The maximum atomic E-state index is 12.3. The van der Waals surface area contributed by atoms with Gasteiger partial charge in [-0.25, -0.2) is 0 Å². The minimum Gasteiger partial charge on any atom is -0.481 e. The second-order valence-corrected chi connectivity index (χ2v) is 10.3. The molecule has 0 aliphatic heterocycles. The molecule has 0 aromatic carbocycles. The fourth-order valence-corrected chi connectivity index (χ4v) is 4.59. The molecule has 0 aromatic rings. The lowest BCUT2D eigenvalue weighted by Gasteiger charge is -2.18. The molecule has 4 heteroatoms. The van der Waals surface area contributed by atoms with E-state index in [4.69, 9.17) is 9.84 Å². The van der Waals surface area contributed by atoms with Crippen molar-refractivity contribution in [3.05, 3.63) is 0 Å². The van der Waals surface area contributed by atoms with Crippen molar-refractivity contribution in [2.24, 2.45) is 0 Å². The topological polar surface area (TPSA) is 63.6 Å². The Bertz CT molecular complexity index is 449. The third-order valence-corrected chi connectivity index (χ3v) is 6.83. The van der Waals surface area contributed by atoms with Crippen LogP contribution in [-0.2, 0) is 14.3 Å². The number of aliphatic carboxylic acids is 1. The summed E-state index contributed by atoms with van der Waals surface area (Å²) >= 11 is 0. The van der Waals surface area contributed by atoms with E-state index >= 15 is 0 Å². The van der Waals surface area contributed by atoms with Crippen molar-refractivity contribution >= 4 is 11.9 Å². The van der Waals surface area contributed by atoms with Crippen LogP contribution in [0.4, 0.5) is 0 Å². The van der Waals surface area contributed by atoms with Crippen LogP contribution in [0, 0.1) is 0 Å². The molecule has 0 aliphatic rings. The van der Waals surface area contributed by atoms with E-state index in [0.29, 0.717) is 19.3 Å². The quantitative estimate of drug-likeness (QED) is 0.0934. The third-order valence-electron chi connectivity index (χ3n) is 6.83. The number of unbranched alkanes of at least 4 members (excludes halogenated alkanes) is 18. The SMILES string of the molecule is CCCCCCCCCCCCCC(CCCCCCCCCC)OC(=O)CCCCC(=O)O. The second kappa shape index (κ2) is 26.5. The van der Waals surface area contributed by atoms with E-state index in [1.165, 1.54) is 109 Å². The van der Waals surface area contributed by atoms with E-state index < -0.39 is 5.97 Å². The van der Waals surface area contributed by atoms with E-state index in [1.54, 1.807) is 0 Å². The van der Waals surface area contributed by atoms with Gasteiger partial charge in [0.1, 0.15) is 6.10 Å². The number of hydrogen-bond acceptors (Lipinski definition) is 3. The van der Waals surface area contributed by atoms with E-state index in [-0.39, 0.29) is 18.5 Å². The number of carboxylic acid groups (broad SMARTS) is 1. The van der Waals surface area contributed by atoms with Gasteiger partial charge < -0.3 is 9.84 Å². The highest BCUT2D eigenvalue weighted by Gasteiger charge is 2.14. The van der Waals surface area contributed by atoms with Crippen LogP contribution in [-0.4, -0.2) is 23.1 Å². The first-order chi connectivity index (χ1) is 16.6. The number of esters is 1. The molecule has 0 saturated heterocycles. The Labute approximate surface area is 212 Å². The van der Waals surface area contributed by atoms with Crippen LogP contribution in [0.3, 0.4) is 0 Å². The van der Waals surface area contributed by atoms with Crippen molar-refractivity contribution in [1.29, 1.82) is 0 Å². The van der Waals surface area contributed by atoms with Crippen LogP contribution in [0.25, 0.3) is 0 Å². The molecule has 202 valence electrons. The molecule has 0 spiro atoms. The van der Waals surface area contributed by atoms with Crippen molar-refractivity contribution in [3.63, 3.8) is 0 Å². The highest BCUT2D eigenvalue weighted by Crippen LogP contribution is 2.18. The molecule has 0 aliphatic carbocycles. The maximum absolute atomic E-state index is 12.3. The molecule has 0 radical (unpaired) electrons. The second-order valence-electron chi connectivity index (χ2n) is 10.3. The average Bonchev–Trinajstić information content (AvgIpc) is 2.81. The Hall–Kier alpha value is -1.06. The number of carboxylic acids is 1. The van der Waals surface area contributed by atoms with Crippen LogP contribution < -0.4 is 0 Å². The first kappa shape index (κ1) is 32.9. The molecule has 34 heavy (non-hydrogen) atoms. The van der Waals surface area contributed by atoms with Gasteiger partial charge in [0.25, 0.3) is 0 Å². The van der Waals surface area contributed by atoms with E-state index in [1.807, 2.05) is 0 Å². The van der Waals surface area contributed by atoms with E-state index in [0.717, 1.165) is 25.7 Å². The smallest absolute Gasteiger partial charge is 0.306 e. The van der Waals surface area contributed by atoms with Crippen molar-refractivity contribution in [2.75, 3.05) is 0 Å². The van der Waals surface area contributed by atoms with Gasteiger partial charge in [0.2, 0.25) is 0 Å². The van der Waals surface area contributed by atoms with Gasteiger partial charge in [0.05, 0.1) is 0 Å². The summed E-state index contributed by atoms with van der Waals surface area (Å²) < 4.78 is 5.82. The average molecular weight is 483 g/mol. The minimum atomic E-state index is -0.794. The third kappa shape index (κ3) is 25.6. The first-order valence-corrected chi connectivity index (χ1v) is 15.0. The molecule has 4 nitrogen and oxygen atoms in total. The van der Waals surface area contributed by atoms with Crippen LogP contribution in [0.5, 0.6) is 0 Å². The molecule has 0 heterocycles. The fourth-order valence-electron chi connectivity index (χ4n) is 4.59. The lowest BCUT2D eigenvalue weighted by atomic mass is 10.0. The molecule has 1 unspecified atom stereocenters. The van der Waals surface area contributed by atoms with E-state index in [9.17, 15) is 9.59 Å². The van der Waals surface area contributed by atoms with Crippen molar-refractivity contribution in [3.8, 4) is 0 Å². The molecule has 0 aromatic heterocycles. The van der Waals surface area contributed by atoms with Crippen LogP contribution in [0.2, 0.25) is 0 Å². The number of carbonyl (C=O) groups is 2. The van der Waals surface area contributed by atoms with Gasteiger partial charge in [-0.2, -0.15) is 0 Å². The molecule has 1 atom stereocenters. The normalized spacial score (nSPS) is 12.1. The Morgan fingerprint density at radius 1 is 0.529 bits per heavy atom. The van der Waals surface area contributed by atoms with Gasteiger partial charge in [-0.05, 0) is 38.5 Å². The summed E-state index contributed by atoms with van der Waals surface area (Å²) in [5, 5.41) is 8.74. The van der Waals surface area contributed by atoms with Gasteiger partial charge in [0.15, 0.2) is 0 Å². The van der Waals surface area contributed by atoms with Gasteiger partial charge in [-0.3, -0.25) is 9.59 Å². The summed E-state index contributed by atoms with van der Waals surface area (Å²) in [4.78, 5) is 22.9. The Morgan fingerprint density at radius 2 is 0.882 bits per heavy atom. The van der Waals surface area contributed by atoms with Gasteiger partial charge in [-0.1, -0.05) is 123 Å². The summed E-state index contributed by atoms with van der Waals surface area (Å²) in [6.07, 6.45) is 28.6. The maximum Gasteiger partial charge on any atom is 0.306 e. The first-order valence-electron chi connectivity index (χ1n) is 15.0. The lowest BCUT2D eigenvalue weighted by Crippen LogP contribution is -2.18. The minimum absolute atomic E-state index is 0.0469. The Kier molecular flexibility index (Phi) is 25.7. The summed E-state index contributed by atoms with van der Waals surface area (Å²) in [5.74, 6) is -0.935. The van der Waals surface area contributed by atoms with Crippen LogP contribution in [0.15, 0.2) is 0 Å². The van der Waals surface area contributed by atoms with E-state index in [2.05, 4.69) is 13.8 Å². The van der Waals surface area contributed by atoms with Crippen LogP contribution >= 0.6 is 0 Å². The summed E-state index contributed by atoms with van der Waals surface area (Å²) in [6, 6.07) is 0. The van der Waals surface area contributed by atoms with Crippen molar-refractivity contribution in [2.45, 2.75) is 180 Å². The number of ether oxygens (including phenoxy) is 1. The Balaban J connectivity index is 4.01. The van der Waals surface area contributed by atoms with Gasteiger partial charge in [-0.15, -0.1) is 0 Å². The number of hydrogen-bond donors (Lipinski definition) is 1. The molecule has 1 N–H and O–H groups in total. The Morgan fingerprint density at radius 3 is 1.26 bits per heavy atom. The lowest BCUT2D eigenvalue weighted by molar-refractivity contribution is -0.150. The highest BCUT2D eigenvalue weighted by molar-refractivity contribution is 5.70. The van der Waals surface area contributed by atoms with Crippen molar-refractivity contribution < 1.29 is 19.4 Å². The largest absolute Gasteiger partial charge is 0.481 e. The van der Waals surface area contributed by atoms with Gasteiger partial charge >= 0.3 is 11.9 Å². The predicted molar refractivity (Wildman–Crippen MR) is 144 cm³/mol. The van der Waals surface area contributed by atoms with Crippen LogP contribution in [0.1, 0.15) is 174 Å². The standard InChI is InChI=1S/C30H58O4/c1-3-5-7-9-11-13-14-15-17-19-21-25-28(24-20-18-16-12-10-8-6-4-2)34-30(33)27-23-22-26-29(31)32/h28H,3-27H2,1-2H3,(H,31,32). The fraction of sp³-hybridized carbons (Fsp3) is 0.933. The predicted octanol–water partition coefficient (Wildman–Crippen LogP) is 9.78. The molecule has 0 saturated carbocycles. The molecular weight excluding hydrogens is 424 g/mol. The zero-order chi connectivity index (χ0) is 25.1. The highest BCUT2D eigenvalue weighted by atomic mass is 16.5. The monoisotopic (exact) mass is 482 g/mol. The number of carbonyl (C=O) groups excluding carboxylic acids is 1. The van der Waals surface area contributed by atoms with Gasteiger partial charge in [0, 0.05) is 12.8 Å². The summed E-state index contributed by atoms with van der Waals surface area (Å²) in [5.41, 5.74) is 0. The molecule has 0 amide bonds. The molecule has 0 bridgehead atoms. The zero-order valence-electron chi connectivity index (χ0n) is 22.9. The molecule has 0 fully saturated rings. The zero-order valence-corrected chi connectivity index (χ0v) is 22.9.